The van der Waals surface area contributed by atoms with Crippen LogP contribution in [0.15, 0.2) is 23.2 Å². The van der Waals surface area contributed by atoms with Gasteiger partial charge in [-0.3, -0.25) is 4.68 Å². The molecule has 1 aromatic heterocycles. The Labute approximate surface area is 122 Å². The zero-order valence-electron chi connectivity index (χ0n) is 11.4. The summed E-state index contributed by atoms with van der Waals surface area (Å²) in [5.41, 5.74) is 2.00. The lowest BCUT2D eigenvalue weighted by molar-refractivity contribution is 0.494. The zero-order chi connectivity index (χ0) is 14.2. The third-order valence-corrected chi connectivity index (χ3v) is 4.05. The molecule has 0 N–H and O–H groups in total. The Hall–Kier alpha value is -1.00. The molecule has 0 aliphatic carbocycles. The average molecular weight is 299 g/mol. The molecule has 0 aliphatic heterocycles. The Morgan fingerprint density at radius 2 is 2.00 bits per heavy atom. The SMILES string of the molecule is CSc1cc(-c2cc(C)c(Cl)cc2F)nn1C(C)C. The molecule has 2 nitrogen and oxygen atoms in total. The fourth-order valence-electron chi connectivity index (χ4n) is 1.88. The molecule has 0 saturated heterocycles. The Kier molecular flexibility index (Phi) is 4.21. The van der Waals surface area contributed by atoms with Gasteiger partial charge < -0.3 is 0 Å². The highest BCUT2D eigenvalue weighted by molar-refractivity contribution is 7.98. The van der Waals surface area contributed by atoms with E-state index in [1.54, 1.807) is 17.8 Å². The molecule has 0 aliphatic rings. The molecule has 0 bridgehead atoms. The van der Waals surface area contributed by atoms with Crippen molar-refractivity contribution < 1.29 is 4.39 Å². The highest BCUT2D eigenvalue weighted by Gasteiger charge is 2.15. The first-order valence-corrected chi connectivity index (χ1v) is 7.64. The number of benzene rings is 1. The number of nitrogens with zero attached hydrogens (tertiary/aromatic N) is 2. The number of aromatic nitrogens is 2. The number of hydrogen-bond acceptors (Lipinski definition) is 2. The van der Waals surface area contributed by atoms with Gasteiger partial charge >= 0.3 is 0 Å². The van der Waals surface area contributed by atoms with E-state index in [4.69, 9.17) is 11.6 Å². The van der Waals surface area contributed by atoms with Crippen molar-refractivity contribution in [3.63, 3.8) is 0 Å². The highest BCUT2D eigenvalue weighted by Crippen LogP contribution is 2.31. The van der Waals surface area contributed by atoms with E-state index in [1.165, 1.54) is 6.07 Å². The van der Waals surface area contributed by atoms with Gasteiger partial charge in [0.15, 0.2) is 0 Å². The molecule has 0 spiro atoms. The van der Waals surface area contributed by atoms with E-state index in [1.807, 2.05) is 23.9 Å². The maximum absolute atomic E-state index is 14.0. The van der Waals surface area contributed by atoms with Crippen LogP contribution in [0, 0.1) is 12.7 Å². The quantitative estimate of drug-likeness (QED) is 0.746. The Balaban J connectivity index is 2.56. The van der Waals surface area contributed by atoms with Crippen LogP contribution in [0.2, 0.25) is 5.02 Å². The van der Waals surface area contributed by atoms with E-state index in [-0.39, 0.29) is 11.9 Å². The van der Waals surface area contributed by atoms with Crippen LogP contribution in [0.5, 0.6) is 0 Å². The molecular formula is C14H16ClFN2S. The van der Waals surface area contributed by atoms with Crippen LogP contribution in [0.25, 0.3) is 11.3 Å². The summed E-state index contributed by atoms with van der Waals surface area (Å²) in [6.07, 6.45) is 1.99. The van der Waals surface area contributed by atoms with Crippen molar-refractivity contribution in [2.24, 2.45) is 0 Å². The Bertz CT molecular complexity index is 608. The van der Waals surface area contributed by atoms with Gasteiger partial charge in [-0.25, -0.2) is 4.39 Å². The van der Waals surface area contributed by atoms with E-state index < -0.39 is 0 Å². The second-order valence-electron chi connectivity index (χ2n) is 4.69. The molecule has 0 atom stereocenters. The number of thioether (sulfide) groups is 1. The number of rotatable bonds is 3. The third kappa shape index (κ3) is 2.79. The second kappa shape index (κ2) is 5.55. The molecule has 0 amide bonds. The van der Waals surface area contributed by atoms with Crippen molar-refractivity contribution >= 4 is 23.4 Å². The summed E-state index contributed by atoms with van der Waals surface area (Å²) in [4.78, 5) is 0. The molecule has 1 aromatic carbocycles. The number of aryl methyl sites for hydroxylation is 1. The van der Waals surface area contributed by atoms with Crippen LogP contribution in [0.4, 0.5) is 4.39 Å². The van der Waals surface area contributed by atoms with Crippen LogP contribution in [-0.4, -0.2) is 16.0 Å². The van der Waals surface area contributed by atoms with Gasteiger partial charge in [0.25, 0.3) is 0 Å². The van der Waals surface area contributed by atoms with Crippen molar-refractivity contribution in [2.75, 3.05) is 6.26 Å². The Morgan fingerprint density at radius 3 is 2.53 bits per heavy atom. The number of hydrogen-bond donors (Lipinski definition) is 0. The first-order chi connectivity index (χ1) is 8.93. The topological polar surface area (TPSA) is 17.8 Å². The van der Waals surface area contributed by atoms with Crippen molar-refractivity contribution in [2.45, 2.75) is 31.8 Å². The van der Waals surface area contributed by atoms with Crippen LogP contribution in [0.1, 0.15) is 25.5 Å². The van der Waals surface area contributed by atoms with E-state index in [0.717, 1.165) is 10.6 Å². The van der Waals surface area contributed by atoms with Gasteiger partial charge in [0.05, 0.1) is 10.7 Å². The molecule has 5 heteroatoms. The fourth-order valence-corrected chi connectivity index (χ4v) is 2.70. The van der Waals surface area contributed by atoms with E-state index >= 15 is 0 Å². The van der Waals surface area contributed by atoms with Crippen LogP contribution < -0.4 is 0 Å². The summed E-state index contributed by atoms with van der Waals surface area (Å²) in [5, 5.41) is 5.96. The van der Waals surface area contributed by atoms with Gasteiger partial charge in [0.2, 0.25) is 0 Å². The second-order valence-corrected chi connectivity index (χ2v) is 5.93. The van der Waals surface area contributed by atoms with Crippen LogP contribution in [-0.2, 0) is 0 Å². The summed E-state index contributed by atoms with van der Waals surface area (Å²) in [7, 11) is 0. The first kappa shape index (κ1) is 14.4. The standard InChI is InChI=1S/C14H16ClFN2S/c1-8(2)18-14(19-4)7-13(17-18)10-5-9(3)11(15)6-12(10)16/h5-8H,1-4H3. The zero-order valence-corrected chi connectivity index (χ0v) is 12.9. The summed E-state index contributed by atoms with van der Waals surface area (Å²) >= 11 is 7.52. The molecule has 0 fully saturated rings. The lowest BCUT2D eigenvalue weighted by Crippen LogP contribution is -2.04. The molecule has 0 unspecified atom stereocenters. The highest BCUT2D eigenvalue weighted by atomic mass is 35.5. The molecule has 0 radical (unpaired) electrons. The summed E-state index contributed by atoms with van der Waals surface area (Å²) in [6, 6.07) is 5.25. The van der Waals surface area contributed by atoms with Crippen molar-refractivity contribution in [3.05, 3.63) is 34.6 Å². The minimum atomic E-state index is -0.336. The van der Waals surface area contributed by atoms with Gasteiger partial charge in [-0.15, -0.1) is 11.8 Å². The molecule has 0 saturated carbocycles. The van der Waals surface area contributed by atoms with Gasteiger partial charge in [0, 0.05) is 16.6 Å². The minimum absolute atomic E-state index is 0.243. The molecule has 2 aromatic rings. The first-order valence-electron chi connectivity index (χ1n) is 6.03. The number of halogens is 2. The van der Waals surface area contributed by atoms with Gasteiger partial charge in [0.1, 0.15) is 5.82 Å². The smallest absolute Gasteiger partial charge is 0.134 e. The Morgan fingerprint density at radius 1 is 1.32 bits per heavy atom. The lowest BCUT2D eigenvalue weighted by atomic mass is 10.1. The van der Waals surface area contributed by atoms with Crippen molar-refractivity contribution in [3.8, 4) is 11.3 Å². The van der Waals surface area contributed by atoms with E-state index in [9.17, 15) is 4.39 Å². The molecule has 19 heavy (non-hydrogen) atoms. The van der Waals surface area contributed by atoms with Gasteiger partial charge in [-0.2, -0.15) is 5.10 Å². The predicted octanol–water partition coefficient (Wildman–Crippen LogP) is 4.95. The van der Waals surface area contributed by atoms with Crippen LogP contribution in [0.3, 0.4) is 0 Å². The third-order valence-electron chi connectivity index (χ3n) is 2.92. The molecule has 2 rings (SSSR count). The fraction of sp³-hybridized carbons (Fsp3) is 0.357. The van der Waals surface area contributed by atoms with Crippen molar-refractivity contribution in [1.29, 1.82) is 0 Å². The van der Waals surface area contributed by atoms with Crippen molar-refractivity contribution in [1.82, 2.24) is 9.78 Å². The maximum atomic E-state index is 14.0. The monoisotopic (exact) mass is 298 g/mol. The molecule has 1 heterocycles. The minimum Gasteiger partial charge on any atom is -0.256 e. The van der Waals surface area contributed by atoms with E-state index in [0.29, 0.717) is 16.3 Å². The summed E-state index contributed by atoms with van der Waals surface area (Å²) in [6.45, 7) is 5.97. The normalized spacial score (nSPS) is 11.3. The predicted molar refractivity (Wildman–Crippen MR) is 79.5 cm³/mol. The maximum Gasteiger partial charge on any atom is 0.134 e. The molecular weight excluding hydrogens is 283 g/mol. The van der Waals surface area contributed by atoms with E-state index in [2.05, 4.69) is 18.9 Å². The average Bonchev–Trinajstić information content (AvgIpc) is 2.77. The van der Waals surface area contributed by atoms with Crippen LogP contribution >= 0.6 is 23.4 Å². The summed E-state index contributed by atoms with van der Waals surface area (Å²) in [5.74, 6) is -0.336. The van der Waals surface area contributed by atoms with Gasteiger partial charge in [-0.05, 0) is 50.8 Å². The largest absolute Gasteiger partial charge is 0.256 e. The van der Waals surface area contributed by atoms with Gasteiger partial charge in [-0.1, -0.05) is 11.6 Å². The summed E-state index contributed by atoms with van der Waals surface area (Å²) < 4.78 is 15.9. The molecule has 102 valence electrons. The lowest BCUT2D eigenvalue weighted by Gasteiger charge is -2.08.